The number of amides is 1. The summed E-state index contributed by atoms with van der Waals surface area (Å²) in [5.41, 5.74) is 1.28. The number of nitrogens with zero attached hydrogens (tertiary/aromatic N) is 1. The summed E-state index contributed by atoms with van der Waals surface area (Å²) in [7, 11) is 0. The lowest BCUT2D eigenvalue weighted by Gasteiger charge is -2.29. The van der Waals surface area contributed by atoms with Crippen LogP contribution in [0.3, 0.4) is 0 Å². The predicted molar refractivity (Wildman–Crippen MR) is 80.8 cm³/mol. The van der Waals surface area contributed by atoms with Crippen LogP contribution in [0.25, 0.3) is 0 Å². The van der Waals surface area contributed by atoms with Crippen molar-refractivity contribution in [3.63, 3.8) is 0 Å². The molecular formula is C15H23ClN2O. The third kappa shape index (κ3) is 4.51. The highest BCUT2D eigenvalue weighted by molar-refractivity contribution is 5.85. The average molecular weight is 283 g/mol. The second kappa shape index (κ2) is 8.18. The number of hydrogen-bond acceptors (Lipinski definition) is 2. The summed E-state index contributed by atoms with van der Waals surface area (Å²) < 4.78 is 0. The second-order valence-corrected chi connectivity index (χ2v) is 4.85. The smallest absolute Gasteiger partial charge is 0.223 e. The number of carbonyl (C=O) groups is 1. The topological polar surface area (TPSA) is 32.3 Å². The molecule has 0 aromatic heterocycles. The van der Waals surface area contributed by atoms with E-state index in [1.165, 1.54) is 5.56 Å². The minimum absolute atomic E-state index is 0. The van der Waals surface area contributed by atoms with Crippen molar-refractivity contribution in [2.75, 3.05) is 26.2 Å². The molecule has 1 unspecified atom stereocenters. The summed E-state index contributed by atoms with van der Waals surface area (Å²) in [5, 5.41) is 3.27. The molecule has 1 aromatic carbocycles. The number of nitrogens with one attached hydrogen (secondary N) is 1. The van der Waals surface area contributed by atoms with E-state index in [1.54, 1.807) is 0 Å². The Morgan fingerprint density at radius 1 is 1.26 bits per heavy atom. The number of hydrogen-bond donors (Lipinski definition) is 1. The normalized spacial score (nSPS) is 16.6. The molecule has 0 radical (unpaired) electrons. The van der Waals surface area contributed by atoms with E-state index >= 15 is 0 Å². The molecular weight excluding hydrogens is 260 g/mol. The Morgan fingerprint density at radius 2 is 1.89 bits per heavy atom. The Balaban J connectivity index is 0.00000180. The monoisotopic (exact) mass is 282 g/mol. The van der Waals surface area contributed by atoms with Gasteiger partial charge in [0.1, 0.15) is 0 Å². The van der Waals surface area contributed by atoms with Crippen molar-refractivity contribution in [1.82, 2.24) is 10.2 Å². The van der Waals surface area contributed by atoms with E-state index < -0.39 is 0 Å². The summed E-state index contributed by atoms with van der Waals surface area (Å²) in [6.07, 6.45) is 1.66. The van der Waals surface area contributed by atoms with Crippen LogP contribution >= 0.6 is 12.4 Å². The fraction of sp³-hybridized carbons (Fsp3) is 0.533. The summed E-state index contributed by atoms with van der Waals surface area (Å²) in [5.74, 6) is 0.654. The Labute approximate surface area is 121 Å². The molecule has 1 fully saturated rings. The van der Waals surface area contributed by atoms with Crippen LogP contribution in [-0.4, -0.2) is 37.0 Å². The standard InChI is InChI=1S/C15H22N2O.ClH/c1-2-13(14-6-4-3-5-7-14)12-15(18)17-10-8-16-9-11-17;/h3-7,13,16H,2,8-12H2,1H3;1H. The highest BCUT2D eigenvalue weighted by atomic mass is 35.5. The SMILES string of the molecule is CCC(CC(=O)N1CCNCC1)c1ccccc1.Cl. The Bertz CT molecular complexity index is 377. The summed E-state index contributed by atoms with van der Waals surface area (Å²) >= 11 is 0. The first-order valence-corrected chi connectivity index (χ1v) is 6.84. The molecule has 106 valence electrons. The van der Waals surface area contributed by atoms with Crippen LogP contribution in [0.4, 0.5) is 0 Å². The third-order valence-corrected chi connectivity index (χ3v) is 3.65. The maximum Gasteiger partial charge on any atom is 0.223 e. The van der Waals surface area contributed by atoms with Gasteiger partial charge in [-0.1, -0.05) is 37.3 Å². The molecule has 0 bridgehead atoms. The van der Waals surface area contributed by atoms with Gasteiger partial charge in [0.15, 0.2) is 0 Å². The van der Waals surface area contributed by atoms with Gasteiger partial charge in [-0.3, -0.25) is 4.79 Å². The first kappa shape index (κ1) is 16.0. The van der Waals surface area contributed by atoms with Gasteiger partial charge < -0.3 is 10.2 Å². The Kier molecular flexibility index (Phi) is 6.89. The number of rotatable bonds is 4. The third-order valence-electron chi connectivity index (χ3n) is 3.65. The largest absolute Gasteiger partial charge is 0.340 e. The van der Waals surface area contributed by atoms with E-state index in [0.29, 0.717) is 18.2 Å². The molecule has 1 saturated heterocycles. The lowest BCUT2D eigenvalue weighted by Crippen LogP contribution is -2.46. The highest BCUT2D eigenvalue weighted by Crippen LogP contribution is 2.23. The molecule has 1 N–H and O–H groups in total. The van der Waals surface area contributed by atoms with Crippen LogP contribution in [0.15, 0.2) is 30.3 Å². The number of piperazine rings is 1. The van der Waals surface area contributed by atoms with Crippen LogP contribution < -0.4 is 5.32 Å². The maximum absolute atomic E-state index is 12.2. The van der Waals surface area contributed by atoms with Crippen LogP contribution in [0.5, 0.6) is 0 Å². The van der Waals surface area contributed by atoms with Crippen molar-refractivity contribution < 1.29 is 4.79 Å². The molecule has 19 heavy (non-hydrogen) atoms. The molecule has 0 aliphatic carbocycles. The van der Waals surface area contributed by atoms with E-state index in [-0.39, 0.29) is 12.4 Å². The molecule has 1 amide bonds. The molecule has 4 heteroatoms. The Morgan fingerprint density at radius 3 is 2.47 bits per heavy atom. The van der Waals surface area contributed by atoms with Gasteiger partial charge in [0, 0.05) is 32.6 Å². The van der Waals surface area contributed by atoms with E-state index in [4.69, 9.17) is 0 Å². The maximum atomic E-state index is 12.2. The van der Waals surface area contributed by atoms with E-state index in [9.17, 15) is 4.79 Å². The van der Waals surface area contributed by atoms with E-state index in [2.05, 4.69) is 24.4 Å². The minimum atomic E-state index is 0. The average Bonchev–Trinajstić information content (AvgIpc) is 2.46. The van der Waals surface area contributed by atoms with Gasteiger partial charge >= 0.3 is 0 Å². The van der Waals surface area contributed by atoms with Gasteiger partial charge in [-0.2, -0.15) is 0 Å². The first-order valence-electron chi connectivity index (χ1n) is 6.84. The molecule has 0 spiro atoms. The summed E-state index contributed by atoms with van der Waals surface area (Å²) in [6.45, 7) is 5.71. The van der Waals surface area contributed by atoms with Gasteiger partial charge in [-0.05, 0) is 17.9 Å². The highest BCUT2D eigenvalue weighted by Gasteiger charge is 2.20. The molecule has 1 aromatic rings. The van der Waals surface area contributed by atoms with Crippen molar-refractivity contribution in [2.24, 2.45) is 0 Å². The fourth-order valence-corrected chi connectivity index (χ4v) is 2.48. The summed E-state index contributed by atoms with van der Waals surface area (Å²) in [6, 6.07) is 10.4. The zero-order valence-electron chi connectivity index (χ0n) is 11.5. The molecule has 1 atom stereocenters. The van der Waals surface area contributed by atoms with Crippen molar-refractivity contribution >= 4 is 18.3 Å². The van der Waals surface area contributed by atoms with Crippen molar-refractivity contribution in [1.29, 1.82) is 0 Å². The number of halogens is 1. The Hall–Kier alpha value is -1.06. The molecule has 3 nitrogen and oxygen atoms in total. The van der Waals surface area contributed by atoms with E-state index in [1.807, 2.05) is 23.1 Å². The van der Waals surface area contributed by atoms with Crippen molar-refractivity contribution in [3.05, 3.63) is 35.9 Å². The molecule has 0 saturated carbocycles. The van der Waals surface area contributed by atoms with Crippen molar-refractivity contribution in [2.45, 2.75) is 25.7 Å². The van der Waals surface area contributed by atoms with Gasteiger partial charge in [0.25, 0.3) is 0 Å². The molecule has 2 rings (SSSR count). The van der Waals surface area contributed by atoms with Gasteiger partial charge in [0.05, 0.1) is 0 Å². The molecule has 1 aliphatic rings. The first-order chi connectivity index (χ1) is 8.81. The fourth-order valence-electron chi connectivity index (χ4n) is 2.48. The zero-order chi connectivity index (χ0) is 12.8. The minimum Gasteiger partial charge on any atom is -0.340 e. The lowest BCUT2D eigenvalue weighted by atomic mass is 9.92. The van der Waals surface area contributed by atoms with E-state index in [0.717, 1.165) is 32.6 Å². The summed E-state index contributed by atoms with van der Waals surface area (Å²) in [4.78, 5) is 14.2. The number of carbonyl (C=O) groups excluding carboxylic acids is 1. The quantitative estimate of drug-likeness (QED) is 0.920. The van der Waals surface area contributed by atoms with Crippen LogP contribution in [-0.2, 0) is 4.79 Å². The van der Waals surface area contributed by atoms with Crippen molar-refractivity contribution in [3.8, 4) is 0 Å². The number of benzene rings is 1. The predicted octanol–water partition coefficient (Wildman–Crippen LogP) is 2.42. The van der Waals surface area contributed by atoms with Crippen LogP contribution in [0, 0.1) is 0 Å². The van der Waals surface area contributed by atoms with Crippen LogP contribution in [0.1, 0.15) is 31.2 Å². The van der Waals surface area contributed by atoms with Gasteiger partial charge in [0.2, 0.25) is 5.91 Å². The zero-order valence-corrected chi connectivity index (χ0v) is 12.3. The molecule has 1 heterocycles. The van der Waals surface area contributed by atoms with Crippen LogP contribution in [0.2, 0.25) is 0 Å². The second-order valence-electron chi connectivity index (χ2n) is 4.85. The lowest BCUT2D eigenvalue weighted by molar-refractivity contribution is -0.132. The molecule has 1 aliphatic heterocycles. The van der Waals surface area contributed by atoms with Gasteiger partial charge in [-0.15, -0.1) is 12.4 Å². The van der Waals surface area contributed by atoms with Gasteiger partial charge in [-0.25, -0.2) is 0 Å².